The van der Waals surface area contributed by atoms with Gasteiger partial charge in [-0.15, -0.1) is 0 Å². The second-order valence-corrected chi connectivity index (χ2v) is 7.70. The SMILES string of the molecule is O=C(CN1C(=O)c2cc(Cl)c(Cl)cc2C1=O)Nc1ccc(C(=O)NC2CC2)cc1. The summed E-state index contributed by atoms with van der Waals surface area (Å²) in [5.74, 6) is -1.92. The molecule has 0 aromatic heterocycles. The van der Waals surface area contributed by atoms with Crippen LogP contribution in [0.15, 0.2) is 36.4 Å². The van der Waals surface area contributed by atoms with Crippen LogP contribution in [0.25, 0.3) is 0 Å². The first-order chi connectivity index (χ1) is 13.8. The first-order valence-corrected chi connectivity index (χ1v) is 9.65. The third kappa shape index (κ3) is 3.97. The molecule has 0 atom stereocenters. The third-order valence-electron chi connectivity index (χ3n) is 4.66. The molecule has 0 saturated heterocycles. The average molecular weight is 432 g/mol. The van der Waals surface area contributed by atoms with Crippen molar-refractivity contribution in [1.82, 2.24) is 10.2 Å². The predicted molar refractivity (Wildman–Crippen MR) is 107 cm³/mol. The lowest BCUT2D eigenvalue weighted by atomic mass is 10.1. The van der Waals surface area contributed by atoms with Crippen molar-refractivity contribution in [3.63, 3.8) is 0 Å². The number of nitrogens with one attached hydrogen (secondary N) is 2. The Balaban J connectivity index is 1.40. The summed E-state index contributed by atoms with van der Waals surface area (Å²) in [6.07, 6.45) is 1.99. The van der Waals surface area contributed by atoms with E-state index in [1.807, 2.05) is 0 Å². The number of amides is 4. The number of imide groups is 1. The molecule has 9 heteroatoms. The molecule has 0 bridgehead atoms. The van der Waals surface area contributed by atoms with E-state index in [-0.39, 0.29) is 33.1 Å². The number of hydrogen-bond donors (Lipinski definition) is 2. The summed E-state index contributed by atoms with van der Waals surface area (Å²) in [4.78, 5) is 50.1. The third-order valence-corrected chi connectivity index (χ3v) is 5.38. The lowest BCUT2D eigenvalue weighted by molar-refractivity contribution is -0.116. The molecule has 1 aliphatic carbocycles. The monoisotopic (exact) mass is 431 g/mol. The van der Waals surface area contributed by atoms with Gasteiger partial charge in [0.15, 0.2) is 0 Å². The van der Waals surface area contributed by atoms with Crippen molar-refractivity contribution in [2.24, 2.45) is 0 Å². The lowest BCUT2D eigenvalue weighted by Crippen LogP contribution is -2.37. The molecule has 1 aliphatic heterocycles. The molecule has 2 aromatic carbocycles. The van der Waals surface area contributed by atoms with E-state index >= 15 is 0 Å². The highest BCUT2D eigenvalue weighted by atomic mass is 35.5. The highest BCUT2D eigenvalue weighted by Crippen LogP contribution is 2.31. The van der Waals surface area contributed by atoms with Gasteiger partial charge in [0, 0.05) is 17.3 Å². The van der Waals surface area contributed by atoms with Gasteiger partial charge in [-0.1, -0.05) is 23.2 Å². The molecule has 1 saturated carbocycles. The number of halogens is 2. The van der Waals surface area contributed by atoms with Gasteiger partial charge in [-0.05, 0) is 49.2 Å². The fourth-order valence-corrected chi connectivity index (χ4v) is 3.30. The van der Waals surface area contributed by atoms with Gasteiger partial charge in [-0.3, -0.25) is 24.1 Å². The summed E-state index contributed by atoms with van der Waals surface area (Å²) in [5, 5.41) is 5.80. The van der Waals surface area contributed by atoms with Crippen LogP contribution in [0.3, 0.4) is 0 Å². The fraction of sp³-hybridized carbons (Fsp3) is 0.200. The fourth-order valence-electron chi connectivity index (χ4n) is 2.97. The normalized spacial score (nSPS) is 15.3. The van der Waals surface area contributed by atoms with Gasteiger partial charge in [0.2, 0.25) is 5.91 Å². The summed E-state index contributed by atoms with van der Waals surface area (Å²) in [5.41, 5.74) is 1.16. The quantitative estimate of drug-likeness (QED) is 0.710. The summed E-state index contributed by atoms with van der Waals surface area (Å²) < 4.78 is 0. The first kappa shape index (κ1) is 19.4. The van der Waals surface area contributed by atoms with Crippen molar-refractivity contribution < 1.29 is 19.2 Å². The van der Waals surface area contributed by atoms with E-state index in [1.54, 1.807) is 24.3 Å². The van der Waals surface area contributed by atoms with Crippen LogP contribution in [0.5, 0.6) is 0 Å². The largest absolute Gasteiger partial charge is 0.349 e. The molecular formula is C20H15Cl2N3O4. The van der Waals surface area contributed by atoms with Crippen molar-refractivity contribution >= 4 is 52.5 Å². The highest BCUT2D eigenvalue weighted by Gasteiger charge is 2.37. The molecule has 0 spiro atoms. The maximum atomic E-state index is 12.5. The lowest BCUT2D eigenvalue weighted by Gasteiger charge is -2.13. The van der Waals surface area contributed by atoms with E-state index in [1.165, 1.54) is 12.1 Å². The maximum absolute atomic E-state index is 12.5. The predicted octanol–water partition coefficient (Wildman–Crippen LogP) is 3.12. The molecule has 4 rings (SSSR count). The zero-order valence-electron chi connectivity index (χ0n) is 15.0. The van der Waals surface area contributed by atoms with Crippen molar-refractivity contribution in [2.75, 3.05) is 11.9 Å². The molecule has 0 unspecified atom stereocenters. The number of rotatable bonds is 5. The molecule has 4 amide bonds. The summed E-state index contributed by atoms with van der Waals surface area (Å²) in [6, 6.07) is 9.26. The van der Waals surface area contributed by atoms with Crippen LogP contribution in [0.2, 0.25) is 10.0 Å². The Hall–Kier alpha value is -2.90. The van der Waals surface area contributed by atoms with Crippen LogP contribution in [-0.2, 0) is 4.79 Å². The Morgan fingerprint density at radius 2 is 1.52 bits per heavy atom. The molecule has 1 fully saturated rings. The zero-order valence-corrected chi connectivity index (χ0v) is 16.5. The Labute approximate surface area is 176 Å². The molecule has 7 nitrogen and oxygen atoms in total. The van der Waals surface area contributed by atoms with E-state index < -0.39 is 24.3 Å². The van der Waals surface area contributed by atoms with Gasteiger partial charge in [0.25, 0.3) is 17.7 Å². The van der Waals surface area contributed by atoms with Gasteiger partial charge in [0.1, 0.15) is 6.54 Å². The van der Waals surface area contributed by atoms with Gasteiger partial charge in [-0.2, -0.15) is 0 Å². The van der Waals surface area contributed by atoms with Crippen LogP contribution >= 0.6 is 23.2 Å². The minimum Gasteiger partial charge on any atom is -0.349 e. The summed E-state index contributed by atoms with van der Waals surface area (Å²) in [7, 11) is 0. The first-order valence-electron chi connectivity index (χ1n) is 8.89. The summed E-state index contributed by atoms with van der Waals surface area (Å²) >= 11 is 11.8. The zero-order chi connectivity index (χ0) is 20.7. The minimum atomic E-state index is -0.606. The Morgan fingerprint density at radius 1 is 0.966 bits per heavy atom. The van der Waals surface area contributed by atoms with Crippen LogP contribution in [0.1, 0.15) is 43.9 Å². The van der Waals surface area contributed by atoms with Gasteiger partial charge >= 0.3 is 0 Å². The number of hydrogen-bond acceptors (Lipinski definition) is 4. The average Bonchev–Trinajstić information content (AvgIpc) is 3.48. The molecule has 2 aromatic rings. The Kier molecular flexibility index (Phi) is 5.02. The molecule has 0 radical (unpaired) electrons. The molecule has 29 heavy (non-hydrogen) atoms. The van der Waals surface area contributed by atoms with E-state index in [4.69, 9.17) is 23.2 Å². The molecule has 2 N–H and O–H groups in total. The topological polar surface area (TPSA) is 95.6 Å². The molecule has 2 aliphatic rings. The minimum absolute atomic E-state index is 0.114. The molecule has 148 valence electrons. The molecular weight excluding hydrogens is 417 g/mol. The number of benzene rings is 2. The van der Waals surface area contributed by atoms with E-state index in [2.05, 4.69) is 10.6 Å². The second-order valence-electron chi connectivity index (χ2n) is 6.88. The maximum Gasteiger partial charge on any atom is 0.262 e. The highest BCUT2D eigenvalue weighted by molar-refractivity contribution is 6.43. The van der Waals surface area contributed by atoms with E-state index in [0.29, 0.717) is 11.3 Å². The van der Waals surface area contributed by atoms with Crippen LogP contribution in [-0.4, -0.2) is 41.1 Å². The van der Waals surface area contributed by atoms with Crippen LogP contribution in [0, 0.1) is 0 Å². The van der Waals surface area contributed by atoms with Crippen molar-refractivity contribution in [3.05, 3.63) is 63.1 Å². The van der Waals surface area contributed by atoms with Crippen LogP contribution < -0.4 is 10.6 Å². The number of nitrogens with zero attached hydrogens (tertiary/aromatic N) is 1. The van der Waals surface area contributed by atoms with E-state index in [9.17, 15) is 19.2 Å². The number of carbonyl (C=O) groups excluding carboxylic acids is 4. The Bertz CT molecular complexity index is 1010. The standard InChI is InChI=1S/C20H15Cl2N3O4/c21-15-7-13-14(8-16(15)22)20(29)25(19(13)28)9-17(26)23-11-3-1-10(2-4-11)18(27)24-12-5-6-12/h1-4,7-8,12H,5-6,9H2,(H,23,26)(H,24,27). The van der Waals surface area contributed by atoms with Crippen molar-refractivity contribution in [1.29, 1.82) is 0 Å². The number of anilines is 1. The summed E-state index contributed by atoms with van der Waals surface area (Å²) in [6.45, 7) is -0.453. The van der Waals surface area contributed by atoms with Gasteiger partial charge in [0.05, 0.1) is 21.2 Å². The van der Waals surface area contributed by atoms with Gasteiger partial charge in [-0.25, -0.2) is 0 Å². The van der Waals surface area contributed by atoms with Crippen LogP contribution in [0.4, 0.5) is 5.69 Å². The number of carbonyl (C=O) groups is 4. The Morgan fingerprint density at radius 3 is 2.03 bits per heavy atom. The van der Waals surface area contributed by atoms with Gasteiger partial charge < -0.3 is 10.6 Å². The van der Waals surface area contributed by atoms with E-state index in [0.717, 1.165) is 17.7 Å². The second kappa shape index (κ2) is 7.50. The van der Waals surface area contributed by atoms with Crippen molar-refractivity contribution in [2.45, 2.75) is 18.9 Å². The number of fused-ring (bicyclic) bond motifs is 1. The molecule has 1 heterocycles. The smallest absolute Gasteiger partial charge is 0.262 e. The van der Waals surface area contributed by atoms with Crippen molar-refractivity contribution in [3.8, 4) is 0 Å².